The Hall–Kier alpha value is -1.67. The predicted octanol–water partition coefficient (Wildman–Crippen LogP) is 5.31. The van der Waals surface area contributed by atoms with Crippen LogP contribution < -0.4 is 11.3 Å². The van der Waals surface area contributed by atoms with E-state index in [0.29, 0.717) is 41.0 Å². The first kappa shape index (κ1) is 21.2. The predicted molar refractivity (Wildman–Crippen MR) is 126 cm³/mol. The van der Waals surface area contributed by atoms with Crippen LogP contribution in [0, 0.1) is 5.92 Å². The largest absolute Gasteiger partial charge is 0.398 e. The first-order valence-corrected chi connectivity index (χ1v) is 12.5. The summed E-state index contributed by atoms with van der Waals surface area (Å²) in [7, 11) is 0. The Balaban J connectivity index is 1.52. The molecule has 0 bridgehead atoms. The van der Waals surface area contributed by atoms with E-state index in [-0.39, 0.29) is 16.9 Å². The topological polar surface area (TPSA) is 75.1 Å². The number of rotatable bonds is 5. The molecule has 1 saturated carbocycles. The molecule has 3 atom stereocenters. The van der Waals surface area contributed by atoms with Gasteiger partial charge in [0, 0.05) is 23.7 Å². The molecule has 0 amide bonds. The number of thioether (sulfide) groups is 1. The summed E-state index contributed by atoms with van der Waals surface area (Å²) in [5, 5.41) is 1.02. The average Bonchev–Trinajstić information content (AvgIpc) is 3.47. The van der Waals surface area contributed by atoms with Crippen molar-refractivity contribution in [3.63, 3.8) is 0 Å². The summed E-state index contributed by atoms with van der Waals surface area (Å²) >= 11 is 14.2. The van der Waals surface area contributed by atoms with Gasteiger partial charge in [0.05, 0.1) is 5.02 Å². The lowest BCUT2D eigenvalue weighted by Crippen LogP contribution is -2.30. The molecule has 2 aliphatic rings. The van der Waals surface area contributed by atoms with Crippen LogP contribution in [0.25, 0.3) is 11.0 Å². The quantitative estimate of drug-likeness (QED) is 0.305. The highest BCUT2D eigenvalue weighted by atomic mass is 35.5. The molecule has 3 heterocycles. The van der Waals surface area contributed by atoms with Gasteiger partial charge in [-0.1, -0.05) is 29.3 Å². The van der Waals surface area contributed by atoms with Crippen molar-refractivity contribution in [3.8, 4) is 0 Å². The fraction of sp³-hybridized carbons (Fsp3) is 0.455. The van der Waals surface area contributed by atoms with E-state index >= 15 is 0 Å². The Bertz CT molecular complexity index is 1200. The number of pyridine rings is 1. The molecule has 3 unspecified atom stereocenters. The Morgan fingerprint density at radius 3 is 2.87 bits per heavy atom. The Morgan fingerprint density at radius 2 is 2.13 bits per heavy atom. The van der Waals surface area contributed by atoms with Crippen LogP contribution in [0.15, 0.2) is 34.0 Å². The van der Waals surface area contributed by atoms with Crippen LogP contribution in [0.1, 0.15) is 43.4 Å². The van der Waals surface area contributed by atoms with Crippen molar-refractivity contribution >= 4 is 51.7 Å². The van der Waals surface area contributed by atoms with Crippen molar-refractivity contribution in [1.82, 2.24) is 14.3 Å². The van der Waals surface area contributed by atoms with E-state index in [9.17, 15) is 4.79 Å². The molecule has 2 aromatic heterocycles. The number of nitrogen functional groups attached to an aromatic ring is 1. The summed E-state index contributed by atoms with van der Waals surface area (Å²) in [6.45, 7) is 1.26. The maximum atomic E-state index is 13.4. The molecular formula is C22H24Cl2N4O2S. The minimum atomic E-state index is -0.238. The number of aromatic nitrogens is 3. The molecule has 1 aliphatic carbocycles. The average molecular weight is 479 g/mol. The molecule has 1 saturated heterocycles. The summed E-state index contributed by atoms with van der Waals surface area (Å²) in [4.78, 5) is 18.9. The van der Waals surface area contributed by atoms with E-state index in [1.165, 1.54) is 11.6 Å². The van der Waals surface area contributed by atoms with E-state index in [1.54, 1.807) is 16.4 Å². The number of benzene rings is 1. The van der Waals surface area contributed by atoms with Crippen molar-refractivity contribution in [2.45, 2.75) is 49.3 Å². The molecule has 2 N–H and O–H groups in total. The van der Waals surface area contributed by atoms with E-state index in [0.717, 1.165) is 36.3 Å². The molecule has 1 aromatic carbocycles. The lowest BCUT2D eigenvalue weighted by atomic mass is 10.1. The van der Waals surface area contributed by atoms with Crippen LogP contribution in [-0.2, 0) is 11.3 Å². The molecular weight excluding hydrogens is 455 g/mol. The normalized spacial score (nSPS) is 23.4. The highest BCUT2D eigenvalue weighted by Crippen LogP contribution is 2.49. The third-order valence-electron chi connectivity index (χ3n) is 6.29. The highest BCUT2D eigenvalue weighted by molar-refractivity contribution is 7.98. The summed E-state index contributed by atoms with van der Waals surface area (Å²) in [5.41, 5.74) is 8.50. The fourth-order valence-corrected chi connectivity index (χ4v) is 5.67. The van der Waals surface area contributed by atoms with Crippen LogP contribution in [0.3, 0.4) is 0 Å². The molecule has 31 heavy (non-hydrogen) atoms. The molecule has 1 aliphatic heterocycles. The number of hydrogen-bond donors (Lipinski definition) is 1. The van der Waals surface area contributed by atoms with E-state index in [4.69, 9.17) is 33.7 Å². The van der Waals surface area contributed by atoms with Crippen LogP contribution in [0.2, 0.25) is 10.2 Å². The maximum absolute atomic E-state index is 13.4. The summed E-state index contributed by atoms with van der Waals surface area (Å²) in [5.74, 6) is 0.765. The molecule has 5 rings (SSSR count). The summed E-state index contributed by atoms with van der Waals surface area (Å²) in [6.07, 6.45) is 5.72. The number of ether oxygens (including phenoxy) is 1. The van der Waals surface area contributed by atoms with Crippen molar-refractivity contribution in [2.24, 2.45) is 5.92 Å². The van der Waals surface area contributed by atoms with Crippen molar-refractivity contribution in [2.75, 3.05) is 18.6 Å². The number of nitrogens with two attached hydrogens (primary N) is 1. The monoisotopic (exact) mass is 478 g/mol. The first-order chi connectivity index (χ1) is 15.0. The second kappa shape index (κ2) is 8.35. The minimum Gasteiger partial charge on any atom is -0.398 e. The van der Waals surface area contributed by atoms with Gasteiger partial charge in [-0.05, 0) is 67.5 Å². The zero-order valence-electron chi connectivity index (χ0n) is 17.2. The highest BCUT2D eigenvalue weighted by Gasteiger charge is 2.40. The number of anilines is 1. The Labute approximate surface area is 194 Å². The van der Waals surface area contributed by atoms with Gasteiger partial charge in [0.25, 0.3) is 5.56 Å². The first-order valence-electron chi connectivity index (χ1n) is 10.5. The van der Waals surface area contributed by atoms with Gasteiger partial charge in [0.2, 0.25) is 0 Å². The van der Waals surface area contributed by atoms with Crippen LogP contribution in [0.5, 0.6) is 0 Å². The van der Waals surface area contributed by atoms with Crippen LogP contribution >= 0.6 is 35.0 Å². The van der Waals surface area contributed by atoms with Gasteiger partial charge in [-0.25, -0.2) is 14.3 Å². The molecule has 6 nitrogen and oxygen atoms in total. The van der Waals surface area contributed by atoms with Crippen molar-refractivity contribution in [1.29, 1.82) is 0 Å². The smallest absolute Gasteiger partial charge is 0.277 e. The van der Waals surface area contributed by atoms with Crippen LogP contribution in [-0.4, -0.2) is 27.2 Å². The fourth-order valence-electron chi connectivity index (χ4n) is 4.60. The van der Waals surface area contributed by atoms with E-state index in [1.807, 2.05) is 17.0 Å². The maximum Gasteiger partial charge on any atom is 0.277 e. The van der Waals surface area contributed by atoms with Crippen LogP contribution in [0.4, 0.5) is 5.69 Å². The van der Waals surface area contributed by atoms with E-state index in [2.05, 4.69) is 17.1 Å². The third-order valence-corrected chi connectivity index (χ3v) is 7.58. The lowest BCUT2D eigenvalue weighted by Gasteiger charge is -2.26. The molecule has 9 heteroatoms. The number of halogens is 2. The molecule has 0 radical (unpaired) electrons. The third kappa shape index (κ3) is 3.86. The standard InChI is InChI=1S/C22H24Cl2N4O2S/c1-31-17-9-12(5-6-16(17)25)14-8-13(14)11-27-22(29)20-15(23)10-18(24)26-21(20)28(27)19-4-2-3-7-30-19/h5-6,9-10,13-14,19H,2-4,7-8,11,25H2,1H3. The second-order valence-electron chi connectivity index (χ2n) is 8.28. The lowest BCUT2D eigenvalue weighted by molar-refractivity contribution is -0.0450. The molecule has 0 spiro atoms. The minimum absolute atomic E-state index is 0.133. The van der Waals surface area contributed by atoms with Gasteiger partial charge >= 0.3 is 0 Å². The van der Waals surface area contributed by atoms with Gasteiger partial charge in [-0.2, -0.15) is 0 Å². The van der Waals surface area contributed by atoms with E-state index < -0.39 is 0 Å². The van der Waals surface area contributed by atoms with Gasteiger partial charge < -0.3 is 10.5 Å². The molecule has 3 aromatic rings. The Morgan fingerprint density at radius 1 is 1.29 bits per heavy atom. The second-order valence-corrected chi connectivity index (χ2v) is 9.92. The van der Waals surface area contributed by atoms with Crippen molar-refractivity contribution < 1.29 is 4.74 Å². The summed E-state index contributed by atoms with van der Waals surface area (Å²) < 4.78 is 9.68. The SMILES string of the molecule is CSc1cc(C2CC2Cn2c(=O)c3c(Cl)cc(Cl)nc3n2C2CCCCO2)ccc1N. The van der Waals surface area contributed by atoms with Gasteiger partial charge in [0.1, 0.15) is 10.5 Å². The molecule has 164 valence electrons. The zero-order valence-corrected chi connectivity index (χ0v) is 19.5. The summed E-state index contributed by atoms with van der Waals surface area (Å²) in [6, 6.07) is 7.77. The Kier molecular flexibility index (Phi) is 5.71. The number of hydrogen-bond acceptors (Lipinski definition) is 5. The van der Waals surface area contributed by atoms with Gasteiger partial charge in [-0.3, -0.25) is 4.79 Å². The van der Waals surface area contributed by atoms with Gasteiger partial charge in [0.15, 0.2) is 11.9 Å². The number of fused-ring (bicyclic) bond motifs is 1. The zero-order chi connectivity index (χ0) is 21.7. The van der Waals surface area contributed by atoms with Gasteiger partial charge in [-0.15, -0.1) is 11.8 Å². The number of nitrogens with zero attached hydrogens (tertiary/aromatic N) is 3. The van der Waals surface area contributed by atoms with Crippen molar-refractivity contribution in [3.05, 3.63) is 50.4 Å². The molecule has 2 fully saturated rings.